The predicted octanol–water partition coefficient (Wildman–Crippen LogP) is 3.95. The van der Waals surface area contributed by atoms with E-state index >= 15 is 0 Å². The zero-order chi connectivity index (χ0) is 17.4. The van der Waals surface area contributed by atoms with Gasteiger partial charge in [-0.1, -0.05) is 0 Å². The molecule has 1 N–H and O–H groups in total. The van der Waals surface area contributed by atoms with E-state index in [9.17, 15) is 18.0 Å². The number of rotatable bonds is 2. The monoisotopic (exact) mass is 329 g/mol. The Morgan fingerprint density at radius 1 is 1.30 bits per heavy atom. The van der Waals surface area contributed by atoms with Gasteiger partial charge in [-0.3, -0.25) is 0 Å². The number of hydrogen-bond donors (Lipinski definition) is 1. The second kappa shape index (κ2) is 5.75. The highest BCUT2D eigenvalue weighted by Gasteiger charge is 2.30. The number of alkyl halides is 3. The number of aromatic amines is 1. The number of carbonyl (C=O) groups excluding carboxylic acids is 1. The normalized spacial score (nSPS) is 12.5. The maximum atomic E-state index is 12.7. The number of fused-ring (bicyclic) bond motifs is 1. The molecule has 8 heteroatoms. The van der Waals surface area contributed by atoms with Gasteiger partial charge in [-0.25, -0.2) is 9.78 Å². The van der Waals surface area contributed by atoms with Gasteiger partial charge in [-0.05, 0) is 39.0 Å². The lowest BCUT2D eigenvalue weighted by Crippen LogP contribution is -2.42. The van der Waals surface area contributed by atoms with Crippen LogP contribution in [0.5, 0.6) is 0 Å². The highest BCUT2D eigenvalue weighted by molar-refractivity contribution is 5.76. The third-order valence-corrected chi connectivity index (χ3v) is 3.47. The molecule has 1 aromatic carbocycles. The van der Waals surface area contributed by atoms with Crippen molar-refractivity contribution in [3.63, 3.8) is 0 Å². The number of hydrogen-bond acceptors (Lipinski definition) is 3. The number of aromatic nitrogens is 2. The van der Waals surface area contributed by atoms with Gasteiger partial charge in [0.15, 0.2) is 6.61 Å². The van der Waals surface area contributed by atoms with Gasteiger partial charge in [0, 0.05) is 12.6 Å². The molecule has 0 spiro atoms. The average molecular weight is 329 g/mol. The summed E-state index contributed by atoms with van der Waals surface area (Å²) in [7, 11) is 1.61. The highest BCUT2D eigenvalue weighted by Crippen LogP contribution is 2.30. The Labute approximate surface area is 131 Å². The lowest BCUT2D eigenvalue weighted by atomic mass is 10.1. The van der Waals surface area contributed by atoms with Crippen LogP contribution in [0.4, 0.5) is 18.0 Å². The zero-order valence-electron chi connectivity index (χ0n) is 13.3. The Hall–Kier alpha value is -2.25. The highest BCUT2D eigenvalue weighted by atomic mass is 19.4. The lowest BCUT2D eigenvalue weighted by Gasteiger charge is -2.30. The summed E-state index contributed by atoms with van der Waals surface area (Å²) in [6.07, 6.45) is -4.95. The molecule has 0 radical (unpaired) electrons. The second-order valence-corrected chi connectivity index (χ2v) is 6.20. The number of carbonyl (C=O) groups is 1. The molecule has 0 aliphatic heterocycles. The summed E-state index contributed by atoms with van der Waals surface area (Å²) >= 11 is 0. The molecule has 5 nitrogen and oxygen atoms in total. The summed E-state index contributed by atoms with van der Waals surface area (Å²) in [5.74, 6) is 0.287. The van der Waals surface area contributed by atoms with Crippen LogP contribution in [0.3, 0.4) is 0 Å². The molecule has 2 aromatic rings. The molecule has 2 rings (SSSR count). The fourth-order valence-electron chi connectivity index (χ4n) is 1.81. The minimum absolute atomic E-state index is 0.144. The largest absolute Gasteiger partial charge is 0.441 e. The summed E-state index contributed by atoms with van der Waals surface area (Å²) < 4.78 is 43.1. The Morgan fingerprint density at radius 3 is 2.52 bits per heavy atom. The molecule has 0 aliphatic carbocycles. The third kappa shape index (κ3) is 3.94. The zero-order valence-corrected chi connectivity index (χ0v) is 13.3. The van der Waals surface area contributed by atoms with Crippen molar-refractivity contribution in [1.29, 1.82) is 0 Å². The predicted molar refractivity (Wildman–Crippen MR) is 78.8 cm³/mol. The van der Waals surface area contributed by atoms with Gasteiger partial charge in [0.1, 0.15) is 5.82 Å². The van der Waals surface area contributed by atoms with Crippen molar-refractivity contribution in [2.75, 3.05) is 7.05 Å². The lowest BCUT2D eigenvalue weighted by molar-refractivity contribution is -0.137. The van der Waals surface area contributed by atoms with Gasteiger partial charge in [0.2, 0.25) is 0 Å². The Bertz CT molecular complexity index is 717. The third-order valence-electron chi connectivity index (χ3n) is 3.47. The molecule has 0 fully saturated rings. The van der Waals surface area contributed by atoms with Crippen molar-refractivity contribution in [2.24, 2.45) is 0 Å². The van der Waals surface area contributed by atoms with Crippen LogP contribution in [-0.2, 0) is 17.5 Å². The maximum absolute atomic E-state index is 12.7. The molecule has 1 aromatic heterocycles. The molecule has 0 aliphatic rings. The number of halogens is 3. The van der Waals surface area contributed by atoms with Gasteiger partial charge >= 0.3 is 12.3 Å². The molecule has 0 unspecified atom stereocenters. The van der Waals surface area contributed by atoms with Crippen LogP contribution in [0.2, 0.25) is 0 Å². The first-order valence-corrected chi connectivity index (χ1v) is 6.95. The van der Waals surface area contributed by atoms with Crippen LogP contribution in [0, 0.1) is 0 Å². The number of nitrogens with zero attached hydrogens (tertiary/aromatic N) is 2. The van der Waals surface area contributed by atoms with E-state index in [1.807, 2.05) is 20.8 Å². The quantitative estimate of drug-likeness (QED) is 0.907. The first-order chi connectivity index (χ1) is 10.5. The average Bonchev–Trinajstić information content (AvgIpc) is 2.83. The van der Waals surface area contributed by atoms with Crippen molar-refractivity contribution >= 4 is 17.1 Å². The van der Waals surface area contributed by atoms with Crippen LogP contribution < -0.4 is 0 Å². The number of benzene rings is 1. The first kappa shape index (κ1) is 17.1. The number of imidazole rings is 1. The maximum Gasteiger partial charge on any atom is 0.416 e. The van der Waals surface area contributed by atoms with Crippen LogP contribution in [-0.4, -0.2) is 33.5 Å². The van der Waals surface area contributed by atoms with Gasteiger partial charge < -0.3 is 14.6 Å². The van der Waals surface area contributed by atoms with E-state index in [4.69, 9.17) is 4.74 Å². The minimum Gasteiger partial charge on any atom is -0.441 e. The smallest absolute Gasteiger partial charge is 0.416 e. The van der Waals surface area contributed by atoms with E-state index in [-0.39, 0.29) is 17.9 Å². The summed E-state index contributed by atoms with van der Waals surface area (Å²) in [5.41, 5.74) is -0.528. The molecule has 23 heavy (non-hydrogen) atoms. The van der Waals surface area contributed by atoms with Crippen molar-refractivity contribution in [3.8, 4) is 0 Å². The van der Waals surface area contributed by atoms with E-state index < -0.39 is 23.4 Å². The van der Waals surface area contributed by atoms with Crippen molar-refractivity contribution < 1.29 is 22.7 Å². The molecule has 0 bridgehead atoms. The Balaban J connectivity index is 2.11. The van der Waals surface area contributed by atoms with E-state index in [1.54, 1.807) is 7.05 Å². The molecule has 0 atom stereocenters. The minimum atomic E-state index is -4.42. The van der Waals surface area contributed by atoms with Crippen molar-refractivity contribution in [3.05, 3.63) is 29.6 Å². The van der Waals surface area contributed by atoms with Crippen molar-refractivity contribution in [2.45, 2.75) is 39.1 Å². The fraction of sp³-hybridized carbons (Fsp3) is 0.467. The second-order valence-electron chi connectivity index (χ2n) is 6.20. The molecule has 0 saturated carbocycles. The molecular weight excluding hydrogens is 311 g/mol. The number of H-pyrrole nitrogens is 1. The molecule has 1 heterocycles. The number of ether oxygens (including phenoxy) is 1. The Kier molecular flexibility index (Phi) is 4.28. The molecular formula is C15H18F3N3O2. The van der Waals surface area contributed by atoms with Gasteiger partial charge in [-0.2, -0.15) is 13.2 Å². The molecule has 0 saturated heterocycles. The summed E-state index contributed by atoms with van der Waals surface area (Å²) in [6.45, 7) is 5.42. The van der Waals surface area contributed by atoms with Crippen molar-refractivity contribution in [1.82, 2.24) is 14.9 Å². The van der Waals surface area contributed by atoms with E-state index in [1.165, 1.54) is 11.0 Å². The molecule has 126 valence electrons. The molecule has 1 amide bonds. The van der Waals surface area contributed by atoms with Crippen LogP contribution in [0.15, 0.2) is 18.2 Å². The summed E-state index contributed by atoms with van der Waals surface area (Å²) in [4.78, 5) is 20.2. The van der Waals surface area contributed by atoms with E-state index in [2.05, 4.69) is 9.97 Å². The Morgan fingerprint density at radius 2 is 1.96 bits per heavy atom. The SMILES string of the molecule is CN(C(=O)OCc1nc2ccc(C(F)(F)F)cc2[nH]1)C(C)(C)C. The fourth-order valence-corrected chi connectivity index (χ4v) is 1.81. The first-order valence-electron chi connectivity index (χ1n) is 6.95. The van der Waals surface area contributed by atoms with Gasteiger partial charge in [-0.15, -0.1) is 0 Å². The summed E-state index contributed by atoms with van der Waals surface area (Å²) in [5, 5.41) is 0. The standard InChI is InChI=1S/C15H18F3N3O2/c1-14(2,3)21(4)13(22)23-8-12-19-10-6-5-9(15(16,17)18)7-11(10)20-12/h5-7H,8H2,1-4H3,(H,19,20). The van der Waals surface area contributed by atoms with E-state index in [0.29, 0.717) is 5.52 Å². The van der Waals surface area contributed by atoms with E-state index in [0.717, 1.165) is 12.1 Å². The number of amides is 1. The summed E-state index contributed by atoms with van der Waals surface area (Å²) in [6, 6.07) is 3.22. The van der Waals surface area contributed by atoms with Crippen LogP contribution in [0.25, 0.3) is 11.0 Å². The van der Waals surface area contributed by atoms with Crippen LogP contribution in [0.1, 0.15) is 32.2 Å². The number of nitrogens with one attached hydrogen (secondary N) is 1. The van der Waals surface area contributed by atoms with Gasteiger partial charge in [0.25, 0.3) is 0 Å². The van der Waals surface area contributed by atoms with Crippen LogP contribution >= 0.6 is 0 Å². The topological polar surface area (TPSA) is 58.2 Å². The van der Waals surface area contributed by atoms with Gasteiger partial charge in [0.05, 0.1) is 16.6 Å².